The maximum absolute atomic E-state index is 5.65. The van der Waals surface area contributed by atoms with Crippen LogP contribution in [0.1, 0.15) is 25.0 Å². The van der Waals surface area contributed by atoms with Crippen molar-refractivity contribution >= 4 is 11.6 Å². The molecule has 31 heavy (non-hydrogen) atoms. The average molecular weight is 427 g/mol. The maximum Gasteiger partial charge on any atom is 0.196 e. The number of ether oxygens (including phenoxy) is 3. The van der Waals surface area contributed by atoms with Crippen molar-refractivity contribution in [3.8, 4) is 11.5 Å². The van der Waals surface area contributed by atoms with Gasteiger partial charge in [-0.1, -0.05) is 24.3 Å². The second-order valence-electron chi connectivity index (χ2n) is 7.63. The zero-order valence-corrected chi connectivity index (χ0v) is 19.0. The van der Waals surface area contributed by atoms with Crippen LogP contribution in [0.15, 0.2) is 47.5 Å². The summed E-state index contributed by atoms with van der Waals surface area (Å²) in [5.41, 5.74) is 3.37. The molecule has 0 aromatic heterocycles. The molecule has 0 saturated carbocycles. The number of morpholine rings is 1. The minimum Gasteiger partial charge on any atom is -0.493 e. The third-order valence-corrected chi connectivity index (χ3v) is 5.13. The number of nitrogens with zero attached hydrogens (tertiary/aromatic N) is 2. The van der Waals surface area contributed by atoms with Gasteiger partial charge in [0.25, 0.3) is 0 Å². The summed E-state index contributed by atoms with van der Waals surface area (Å²) in [5, 5.41) is 6.64. The van der Waals surface area contributed by atoms with Crippen molar-refractivity contribution in [1.82, 2.24) is 10.2 Å². The van der Waals surface area contributed by atoms with Crippen LogP contribution in [0, 0.1) is 0 Å². The standard InChI is InChI=1S/C24H34N4O3/c1-5-25-24(27-21-9-10-22(29-3)23(14-21)30-4)26-15-19-7-6-8-20(13-19)17-28-11-12-31-18(2)16-28/h6-10,13-14,18H,5,11-12,15-17H2,1-4H3,(H2,25,26,27). The van der Waals surface area contributed by atoms with E-state index in [9.17, 15) is 0 Å². The molecule has 1 atom stereocenters. The van der Waals surface area contributed by atoms with Gasteiger partial charge in [0.1, 0.15) is 0 Å². The van der Waals surface area contributed by atoms with E-state index in [4.69, 9.17) is 19.2 Å². The number of hydrogen-bond donors (Lipinski definition) is 2. The molecule has 0 aliphatic carbocycles. The van der Waals surface area contributed by atoms with Crippen molar-refractivity contribution < 1.29 is 14.2 Å². The van der Waals surface area contributed by atoms with Crippen molar-refractivity contribution in [2.75, 3.05) is 45.8 Å². The van der Waals surface area contributed by atoms with E-state index in [-0.39, 0.29) is 0 Å². The quantitative estimate of drug-likeness (QED) is 0.497. The first-order valence-electron chi connectivity index (χ1n) is 10.8. The lowest BCUT2D eigenvalue weighted by molar-refractivity contribution is -0.0212. The largest absolute Gasteiger partial charge is 0.493 e. The predicted octanol–water partition coefficient (Wildman–Crippen LogP) is 3.50. The van der Waals surface area contributed by atoms with Gasteiger partial charge in [0, 0.05) is 37.9 Å². The van der Waals surface area contributed by atoms with Crippen LogP contribution < -0.4 is 20.1 Å². The van der Waals surface area contributed by atoms with Gasteiger partial charge in [0.05, 0.1) is 33.5 Å². The number of anilines is 1. The summed E-state index contributed by atoms with van der Waals surface area (Å²) in [7, 11) is 3.26. The van der Waals surface area contributed by atoms with E-state index in [1.54, 1.807) is 14.2 Å². The molecule has 7 heteroatoms. The Kier molecular flexibility index (Phi) is 8.55. The zero-order chi connectivity index (χ0) is 22.1. The molecule has 7 nitrogen and oxygen atoms in total. The van der Waals surface area contributed by atoms with E-state index in [1.807, 2.05) is 18.2 Å². The molecule has 168 valence electrons. The van der Waals surface area contributed by atoms with Crippen LogP contribution in [0.4, 0.5) is 5.69 Å². The highest BCUT2D eigenvalue weighted by Gasteiger charge is 2.16. The van der Waals surface area contributed by atoms with Crippen LogP contribution in [0.2, 0.25) is 0 Å². The van der Waals surface area contributed by atoms with Gasteiger partial charge >= 0.3 is 0 Å². The summed E-state index contributed by atoms with van der Waals surface area (Å²) in [6.07, 6.45) is 0.298. The van der Waals surface area contributed by atoms with Crippen LogP contribution in [-0.4, -0.2) is 57.4 Å². The molecule has 2 N–H and O–H groups in total. The molecule has 1 fully saturated rings. The summed E-state index contributed by atoms with van der Waals surface area (Å²) in [6.45, 7) is 9.24. The lowest BCUT2D eigenvalue weighted by Crippen LogP contribution is -2.40. The minimum atomic E-state index is 0.298. The molecule has 0 bridgehead atoms. The van der Waals surface area contributed by atoms with Crippen molar-refractivity contribution in [3.05, 3.63) is 53.6 Å². The van der Waals surface area contributed by atoms with Crippen molar-refractivity contribution in [2.45, 2.75) is 33.0 Å². The van der Waals surface area contributed by atoms with Gasteiger partial charge in [0.15, 0.2) is 17.5 Å². The Morgan fingerprint density at radius 3 is 2.68 bits per heavy atom. The molecular weight excluding hydrogens is 392 g/mol. The second-order valence-corrected chi connectivity index (χ2v) is 7.63. The van der Waals surface area contributed by atoms with Gasteiger partial charge < -0.3 is 24.8 Å². The van der Waals surface area contributed by atoms with E-state index in [1.165, 1.54) is 11.1 Å². The van der Waals surface area contributed by atoms with Gasteiger partial charge in [-0.05, 0) is 37.1 Å². The van der Waals surface area contributed by atoms with E-state index >= 15 is 0 Å². The first kappa shape index (κ1) is 22.9. The number of nitrogens with one attached hydrogen (secondary N) is 2. The zero-order valence-electron chi connectivity index (χ0n) is 19.0. The van der Waals surface area contributed by atoms with E-state index in [0.717, 1.165) is 44.4 Å². The fraction of sp³-hybridized carbons (Fsp3) is 0.458. The fourth-order valence-corrected chi connectivity index (χ4v) is 3.65. The van der Waals surface area contributed by atoms with Crippen molar-refractivity contribution in [3.63, 3.8) is 0 Å². The molecule has 1 aliphatic heterocycles. The Morgan fingerprint density at radius 2 is 1.94 bits per heavy atom. The highest BCUT2D eigenvalue weighted by molar-refractivity contribution is 5.93. The summed E-state index contributed by atoms with van der Waals surface area (Å²) < 4.78 is 16.3. The number of methoxy groups -OCH3 is 2. The van der Waals surface area contributed by atoms with Crippen LogP contribution in [0.3, 0.4) is 0 Å². The number of hydrogen-bond acceptors (Lipinski definition) is 5. The van der Waals surface area contributed by atoms with E-state index < -0.39 is 0 Å². The number of aliphatic imine (C=N–C) groups is 1. The highest BCUT2D eigenvalue weighted by Crippen LogP contribution is 2.29. The highest BCUT2D eigenvalue weighted by atomic mass is 16.5. The maximum atomic E-state index is 5.65. The Bertz CT molecular complexity index is 872. The van der Waals surface area contributed by atoms with Crippen molar-refractivity contribution in [2.24, 2.45) is 4.99 Å². The van der Waals surface area contributed by atoms with Crippen LogP contribution in [0.25, 0.3) is 0 Å². The Hall–Kier alpha value is -2.77. The minimum absolute atomic E-state index is 0.298. The first-order valence-corrected chi connectivity index (χ1v) is 10.8. The average Bonchev–Trinajstić information content (AvgIpc) is 2.78. The van der Waals surface area contributed by atoms with Gasteiger partial charge in [-0.25, -0.2) is 4.99 Å². The van der Waals surface area contributed by atoms with Crippen molar-refractivity contribution in [1.29, 1.82) is 0 Å². The Morgan fingerprint density at radius 1 is 1.13 bits per heavy atom. The monoisotopic (exact) mass is 426 g/mol. The predicted molar refractivity (Wildman–Crippen MR) is 125 cm³/mol. The van der Waals surface area contributed by atoms with E-state index in [2.05, 4.69) is 53.6 Å². The van der Waals surface area contributed by atoms with Crippen LogP contribution in [-0.2, 0) is 17.8 Å². The molecule has 0 radical (unpaired) electrons. The molecule has 1 heterocycles. The summed E-state index contributed by atoms with van der Waals surface area (Å²) in [5.74, 6) is 2.09. The molecule has 2 aromatic carbocycles. The van der Waals surface area contributed by atoms with Gasteiger partial charge in [-0.15, -0.1) is 0 Å². The lowest BCUT2D eigenvalue weighted by atomic mass is 10.1. The number of benzene rings is 2. The molecule has 0 amide bonds. The van der Waals surface area contributed by atoms with E-state index in [0.29, 0.717) is 24.1 Å². The number of rotatable bonds is 8. The summed E-state index contributed by atoms with van der Waals surface area (Å²) >= 11 is 0. The smallest absolute Gasteiger partial charge is 0.196 e. The molecule has 2 aromatic rings. The second kappa shape index (κ2) is 11.6. The molecule has 1 saturated heterocycles. The topological polar surface area (TPSA) is 67.4 Å². The summed E-state index contributed by atoms with van der Waals surface area (Å²) in [4.78, 5) is 7.21. The van der Waals surface area contributed by atoms with Gasteiger partial charge in [-0.2, -0.15) is 0 Å². The summed E-state index contributed by atoms with van der Waals surface area (Å²) in [6, 6.07) is 14.4. The molecule has 3 rings (SSSR count). The molecule has 1 unspecified atom stereocenters. The van der Waals surface area contributed by atoms with Gasteiger partial charge in [-0.3, -0.25) is 4.90 Å². The SMILES string of the molecule is CCNC(=NCc1cccc(CN2CCOC(C)C2)c1)Nc1ccc(OC)c(OC)c1. The normalized spacial score (nSPS) is 17.3. The molecule has 0 spiro atoms. The third-order valence-electron chi connectivity index (χ3n) is 5.13. The first-order chi connectivity index (χ1) is 15.1. The Labute approximate surface area is 185 Å². The van der Waals surface area contributed by atoms with Crippen LogP contribution in [0.5, 0.6) is 11.5 Å². The molecule has 1 aliphatic rings. The molecular formula is C24H34N4O3. The fourth-order valence-electron chi connectivity index (χ4n) is 3.65. The third kappa shape index (κ3) is 6.87. The van der Waals surface area contributed by atoms with Gasteiger partial charge in [0.2, 0.25) is 0 Å². The van der Waals surface area contributed by atoms with Crippen LogP contribution >= 0.6 is 0 Å². The Balaban J connectivity index is 1.66. The number of guanidine groups is 1. The lowest BCUT2D eigenvalue weighted by Gasteiger charge is -2.31.